The SMILES string of the molecule is N#Cc1ccc(OCC(=O)Nc2ccccc2F)cc1Cl. The molecule has 0 aliphatic heterocycles. The van der Waals surface area contributed by atoms with Crippen LogP contribution >= 0.6 is 11.6 Å². The van der Waals surface area contributed by atoms with E-state index in [9.17, 15) is 9.18 Å². The second kappa shape index (κ2) is 6.73. The van der Waals surface area contributed by atoms with Gasteiger partial charge in [-0.05, 0) is 24.3 Å². The first-order chi connectivity index (χ1) is 10.1. The van der Waals surface area contributed by atoms with Crippen molar-refractivity contribution in [2.45, 2.75) is 0 Å². The number of anilines is 1. The summed E-state index contributed by atoms with van der Waals surface area (Å²) in [4.78, 5) is 11.7. The van der Waals surface area contributed by atoms with Crippen molar-refractivity contribution in [3.63, 3.8) is 0 Å². The molecule has 0 unspecified atom stereocenters. The highest BCUT2D eigenvalue weighted by molar-refractivity contribution is 6.31. The molecule has 1 amide bonds. The number of amides is 1. The quantitative estimate of drug-likeness (QED) is 0.942. The van der Waals surface area contributed by atoms with Crippen LogP contribution in [0.25, 0.3) is 0 Å². The van der Waals surface area contributed by atoms with E-state index in [4.69, 9.17) is 21.6 Å². The van der Waals surface area contributed by atoms with Gasteiger partial charge < -0.3 is 10.1 Å². The Morgan fingerprint density at radius 1 is 1.33 bits per heavy atom. The number of halogens is 2. The van der Waals surface area contributed by atoms with E-state index >= 15 is 0 Å². The Hall–Kier alpha value is -2.58. The molecule has 2 aromatic carbocycles. The molecule has 0 aromatic heterocycles. The van der Waals surface area contributed by atoms with Gasteiger partial charge in [0.2, 0.25) is 0 Å². The number of nitrogens with zero attached hydrogens (tertiary/aromatic N) is 1. The van der Waals surface area contributed by atoms with Crippen LogP contribution in [0.3, 0.4) is 0 Å². The minimum atomic E-state index is -0.521. The summed E-state index contributed by atoms with van der Waals surface area (Å²) in [6, 6.07) is 12.2. The Balaban J connectivity index is 1.94. The number of rotatable bonds is 4. The van der Waals surface area contributed by atoms with Crippen molar-refractivity contribution in [1.82, 2.24) is 0 Å². The molecule has 0 atom stereocenters. The first-order valence-electron chi connectivity index (χ1n) is 5.97. The molecule has 0 fully saturated rings. The van der Waals surface area contributed by atoms with Gasteiger partial charge in [0.1, 0.15) is 17.6 Å². The van der Waals surface area contributed by atoms with Gasteiger partial charge in [-0.1, -0.05) is 23.7 Å². The molecule has 0 heterocycles. The number of benzene rings is 2. The monoisotopic (exact) mass is 304 g/mol. The van der Waals surface area contributed by atoms with Crippen molar-refractivity contribution in [1.29, 1.82) is 5.26 Å². The van der Waals surface area contributed by atoms with Crippen LogP contribution in [-0.2, 0) is 4.79 Å². The summed E-state index contributed by atoms with van der Waals surface area (Å²) in [6.45, 7) is -0.295. The highest BCUT2D eigenvalue weighted by Crippen LogP contribution is 2.22. The van der Waals surface area contributed by atoms with E-state index in [2.05, 4.69) is 5.32 Å². The molecule has 0 saturated carbocycles. The molecular formula is C15H10ClFN2O2. The number of hydrogen-bond donors (Lipinski definition) is 1. The van der Waals surface area contributed by atoms with Crippen LogP contribution in [0, 0.1) is 17.1 Å². The molecule has 0 radical (unpaired) electrons. The van der Waals surface area contributed by atoms with E-state index in [0.717, 1.165) is 0 Å². The normalized spacial score (nSPS) is 9.76. The lowest BCUT2D eigenvalue weighted by atomic mass is 10.2. The molecule has 0 spiro atoms. The molecule has 1 N–H and O–H groups in total. The van der Waals surface area contributed by atoms with Crippen molar-refractivity contribution in [3.05, 3.63) is 58.9 Å². The summed E-state index contributed by atoms with van der Waals surface area (Å²) in [5.41, 5.74) is 0.406. The number of nitrogens with one attached hydrogen (secondary N) is 1. The van der Waals surface area contributed by atoms with E-state index in [0.29, 0.717) is 11.3 Å². The van der Waals surface area contributed by atoms with E-state index in [1.54, 1.807) is 6.07 Å². The number of carbonyl (C=O) groups is 1. The molecule has 106 valence electrons. The molecule has 0 saturated heterocycles. The lowest BCUT2D eigenvalue weighted by molar-refractivity contribution is -0.118. The van der Waals surface area contributed by atoms with Crippen LogP contribution in [0.1, 0.15) is 5.56 Å². The molecule has 2 aromatic rings. The fourth-order valence-corrected chi connectivity index (χ4v) is 1.79. The fourth-order valence-electron chi connectivity index (χ4n) is 1.57. The average molecular weight is 305 g/mol. The highest BCUT2D eigenvalue weighted by Gasteiger charge is 2.08. The minimum Gasteiger partial charge on any atom is -0.484 e. The van der Waals surface area contributed by atoms with Gasteiger partial charge in [0, 0.05) is 6.07 Å². The van der Waals surface area contributed by atoms with Gasteiger partial charge >= 0.3 is 0 Å². The lowest BCUT2D eigenvalue weighted by Crippen LogP contribution is -2.20. The average Bonchev–Trinajstić information content (AvgIpc) is 2.48. The number of carbonyl (C=O) groups excluding carboxylic acids is 1. The minimum absolute atomic E-state index is 0.0870. The second-order valence-electron chi connectivity index (χ2n) is 4.07. The number of ether oxygens (including phenoxy) is 1. The summed E-state index contributed by atoms with van der Waals surface area (Å²) in [5.74, 6) is -0.671. The third kappa shape index (κ3) is 3.94. The maximum atomic E-state index is 13.3. The summed E-state index contributed by atoms with van der Waals surface area (Å²) < 4.78 is 18.6. The van der Waals surface area contributed by atoms with Gasteiger partial charge in [-0.15, -0.1) is 0 Å². The zero-order valence-corrected chi connectivity index (χ0v) is 11.5. The van der Waals surface area contributed by atoms with E-state index in [1.807, 2.05) is 6.07 Å². The summed E-state index contributed by atoms with van der Waals surface area (Å²) in [7, 11) is 0. The first-order valence-corrected chi connectivity index (χ1v) is 6.35. The predicted octanol–water partition coefficient (Wildman–Crippen LogP) is 3.37. The van der Waals surface area contributed by atoms with Crippen molar-refractivity contribution in [2.75, 3.05) is 11.9 Å². The van der Waals surface area contributed by atoms with Crippen molar-refractivity contribution in [2.24, 2.45) is 0 Å². The van der Waals surface area contributed by atoms with Crippen molar-refractivity contribution in [3.8, 4) is 11.8 Å². The number of nitriles is 1. The fraction of sp³-hybridized carbons (Fsp3) is 0.0667. The number of para-hydroxylation sites is 1. The van der Waals surface area contributed by atoms with Crippen LogP contribution in [-0.4, -0.2) is 12.5 Å². The predicted molar refractivity (Wildman–Crippen MR) is 76.7 cm³/mol. The number of hydrogen-bond acceptors (Lipinski definition) is 3. The Morgan fingerprint density at radius 2 is 2.10 bits per heavy atom. The summed E-state index contributed by atoms with van der Waals surface area (Å²) >= 11 is 5.84. The molecule has 6 heteroatoms. The Morgan fingerprint density at radius 3 is 2.76 bits per heavy atom. The Kier molecular flexibility index (Phi) is 4.75. The van der Waals surface area contributed by atoms with Crippen molar-refractivity contribution < 1.29 is 13.9 Å². The smallest absolute Gasteiger partial charge is 0.262 e. The second-order valence-corrected chi connectivity index (χ2v) is 4.48. The van der Waals surface area contributed by atoms with Crippen molar-refractivity contribution >= 4 is 23.2 Å². The van der Waals surface area contributed by atoms with E-state index in [1.165, 1.54) is 36.4 Å². The Bertz CT molecular complexity index is 713. The molecule has 0 aliphatic rings. The molecule has 0 aliphatic carbocycles. The van der Waals surface area contributed by atoms with Crippen LogP contribution in [0.5, 0.6) is 5.75 Å². The molecule has 4 nitrogen and oxygen atoms in total. The van der Waals surface area contributed by atoms with Gasteiger partial charge in [-0.25, -0.2) is 4.39 Å². The van der Waals surface area contributed by atoms with Gasteiger partial charge in [0.15, 0.2) is 6.61 Å². The topological polar surface area (TPSA) is 62.1 Å². The van der Waals surface area contributed by atoms with Crippen LogP contribution in [0.4, 0.5) is 10.1 Å². The molecule has 21 heavy (non-hydrogen) atoms. The molecule has 0 bridgehead atoms. The van der Waals surface area contributed by atoms with E-state index in [-0.39, 0.29) is 17.3 Å². The van der Waals surface area contributed by atoms with Crippen LogP contribution in [0.2, 0.25) is 5.02 Å². The largest absolute Gasteiger partial charge is 0.484 e. The van der Waals surface area contributed by atoms with Gasteiger partial charge in [0.05, 0.1) is 16.3 Å². The Labute approximate surface area is 125 Å². The maximum absolute atomic E-state index is 13.3. The third-order valence-corrected chi connectivity index (χ3v) is 2.89. The zero-order chi connectivity index (χ0) is 15.2. The van der Waals surface area contributed by atoms with Gasteiger partial charge in [-0.2, -0.15) is 5.26 Å². The first kappa shape index (κ1) is 14.8. The molecule has 2 rings (SSSR count). The maximum Gasteiger partial charge on any atom is 0.262 e. The summed E-state index contributed by atoms with van der Waals surface area (Å²) in [5, 5.41) is 11.4. The highest BCUT2D eigenvalue weighted by atomic mass is 35.5. The van der Waals surface area contributed by atoms with Crippen LogP contribution < -0.4 is 10.1 Å². The van der Waals surface area contributed by atoms with Gasteiger partial charge in [0.25, 0.3) is 5.91 Å². The zero-order valence-electron chi connectivity index (χ0n) is 10.8. The van der Waals surface area contributed by atoms with Gasteiger partial charge in [-0.3, -0.25) is 4.79 Å². The van der Waals surface area contributed by atoms with Crippen LogP contribution in [0.15, 0.2) is 42.5 Å². The standard InChI is InChI=1S/C15H10ClFN2O2/c16-12-7-11(6-5-10(12)8-18)21-9-15(20)19-14-4-2-1-3-13(14)17/h1-7H,9H2,(H,19,20). The molecular weight excluding hydrogens is 295 g/mol. The third-order valence-electron chi connectivity index (χ3n) is 2.58. The van der Waals surface area contributed by atoms with E-state index < -0.39 is 11.7 Å². The lowest BCUT2D eigenvalue weighted by Gasteiger charge is -2.08. The summed E-state index contributed by atoms with van der Waals surface area (Å²) in [6.07, 6.45) is 0.